The van der Waals surface area contributed by atoms with Gasteiger partial charge in [0.25, 0.3) is 0 Å². The van der Waals surface area contributed by atoms with E-state index in [4.69, 9.17) is 0 Å². The molecule has 0 bridgehead atoms. The van der Waals surface area contributed by atoms with E-state index in [1.165, 1.54) is 6.92 Å². The summed E-state index contributed by atoms with van der Waals surface area (Å²) in [5, 5.41) is 2.54. The molecule has 4 heteroatoms. The molecule has 1 aromatic rings. The van der Waals surface area contributed by atoms with Gasteiger partial charge in [0, 0.05) is 38.0 Å². The summed E-state index contributed by atoms with van der Waals surface area (Å²) < 4.78 is 0. The van der Waals surface area contributed by atoms with Crippen LogP contribution in [-0.4, -0.2) is 18.2 Å². The number of carbonyl (C=O) groups is 1. The molecule has 1 N–H and O–H groups in total. The number of rotatable bonds is 5. The van der Waals surface area contributed by atoms with E-state index in [-0.39, 0.29) is 37.0 Å². The first kappa shape index (κ1) is 19.7. The summed E-state index contributed by atoms with van der Waals surface area (Å²) in [7, 11) is 0. The first-order chi connectivity index (χ1) is 8.22. The Labute approximate surface area is 133 Å². The minimum absolute atomic E-state index is 0. The van der Waals surface area contributed by atoms with Crippen LogP contribution in [-0.2, 0) is 16.0 Å². The molecular formula is C14H20NO2U-. The maximum Gasteiger partial charge on any atom is 0.214 e. The van der Waals surface area contributed by atoms with E-state index in [1.54, 1.807) is 0 Å². The molecule has 98 valence electrons. The fourth-order valence-corrected chi connectivity index (χ4v) is 1.36. The molecule has 0 heterocycles. The first-order valence-corrected chi connectivity index (χ1v) is 5.91. The number of nitrogens with one attached hydrogen (secondary N) is 1. The van der Waals surface area contributed by atoms with Crippen LogP contribution >= 0.6 is 0 Å². The predicted molar refractivity (Wildman–Crippen MR) is 69.4 cm³/mol. The van der Waals surface area contributed by atoms with Gasteiger partial charge < -0.3 is 10.1 Å². The molecule has 0 aliphatic carbocycles. The van der Waals surface area contributed by atoms with E-state index < -0.39 is 6.04 Å². The van der Waals surface area contributed by atoms with E-state index >= 15 is 0 Å². The first-order valence-electron chi connectivity index (χ1n) is 5.91. The zero-order valence-corrected chi connectivity index (χ0v) is 15.4. The molecule has 0 radical (unpaired) electrons. The summed E-state index contributed by atoms with van der Waals surface area (Å²) in [4.78, 5) is 21.3. The van der Waals surface area contributed by atoms with Crippen LogP contribution in [0, 0.1) is 31.1 Å². The number of hydrogen-bond donors (Lipinski definition) is 1. The molecule has 1 unspecified atom stereocenters. The molecule has 1 aromatic carbocycles. The van der Waals surface area contributed by atoms with Crippen molar-refractivity contribution in [3.63, 3.8) is 0 Å². The number of hydrogen-bond acceptors (Lipinski definition) is 2. The van der Waals surface area contributed by atoms with Crippen molar-refractivity contribution in [1.82, 2.24) is 5.32 Å². The molecule has 0 aromatic heterocycles. The number of aryl methyl sites for hydroxylation is 1. The van der Waals surface area contributed by atoms with Gasteiger partial charge in [0.1, 0.15) is 0 Å². The fraction of sp³-hybridized carbons (Fsp3) is 0.429. The van der Waals surface area contributed by atoms with Crippen LogP contribution in [0.25, 0.3) is 0 Å². The maximum atomic E-state index is 10.7. The van der Waals surface area contributed by atoms with Gasteiger partial charge in [-0.05, 0) is 12.0 Å². The SMILES string of the molecule is CC.CC(=O)NC([C-]=O)CCc1ccccc1.[U]. The molecule has 1 rings (SSSR count). The largest absolute Gasteiger partial charge is 0.540 e. The van der Waals surface area contributed by atoms with E-state index in [2.05, 4.69) is 5.32 Å². The van der Waals surface area contributed by atoms with Crippen molar-refractivity contribution in [3.05, 3.63) is 35.9 Å². The predicted octanol–water partition coefficient (Wildman–Crippen LogP) is 2.26. The Hall–Kier alpha value is -0.588. The Balaban J connectivity index is 0. The quantitative estimate of drug-likeness (QED) is 0.669. The van der Waals surface area contributed by atoms with Crippen LogP contribution in [0.2, 0.25) is 0 Å². The second kappa shape index (κ2) is 12.9. The minimum atomic E-state index is -0.497. The second-order valence-electron chi connectivity index (χ2n) is 3.40. The van der Waals surface area contributed by atoms with Crippen molar-refractivity contribution in [2.75, 3.05) is 0 Å². The summed E-state index contributed by atoms with van der Waals surface area (Å²) in [5.74, 6) is -0.198. The van der Waals surface area contributed by atoms with Crippen LogP contribution < -0.4 is 5.32 Å². The standard InChI is InChI=1S/C12H14NO2.C2H6.U/c1-10(15)13-12(9-14)8-7-11-5-3-2-4-6-11;1-2;/h2-6,12H,7-8H2,1H3,(H,13,15);1-2H3;/q-1;;. The molecule has 0 aliphatic rings. The van der Waals surface area contributed by atoms with E-state index in [9.17, 15) is 9.59 Å². The molecular weight excluding hydrogens is 452 g/mol. The molecule has 0 spiro atoms. The van der Waals surface area contributed by atoms with E-state index in [1.807, 2.05) is 50.5 Å². The van der Waals surface area contributed by atoms with Crippen LogP contribution in [0.1, 0.15) is 32.8 Å². The van der Waals surface area contributed by atoms with Crippen LogP contribution in [0.15, 0.2) is 30.3 Å². The number of carbonyl (C=O) groups excluding carboxylic acids is 2. The summed E-state index contributed by atoms with van der Waals surface area (Å²) in [6, 6.07) is 9.34. The molecule has 0 saturated heterocycles. The summed E-state index contributed by atoms with van der Waals surface area (Å²) in [6.45, 7) is 5.40. The van der Waals surface area contributed by atoms with Gasteiger partial charge in [-0.25, -0.2) is 6.29 Å². The summed E-state index contributed by atoms with van der Waals surface area (Å²) in [5.41, 5.74) is 1.16. The van der Waals surface area contributed by atoms with Crippen LogP contribution in [0.5, 0.6) is 0 Å². The Bertz CT molecular complexity index is 328. The van der Waals surface area contributed by atoms with Crippen molar-refractivity contribution in [2.24, 2.45) is 0 Å². The maximum absolute atomic E-state index is 10.7. The third kappa shape index (κ3) is 9.44. The zero-order valence-electron chi connectivity index (χ0n) is 11.2. The Kier molecular flexibility index (Phi) is 14.1. The van der Waals surface area contributed by atoms with Crippen LogP contribution in [0.3, 0.4) is 0 Å². The molecule has 0 aliphatic heterocycles. The minimum Gasteiger partial charge on any atom is -0.540 e. The average Bonchev–Trinajstić information content (AvgIpc) is 2.37. The van der Waals surface area contributed by atoms with E-state index in [0.717, 1.165) is 12.0 Å². The molecule has 0 saturated carbocycles. The zero-order chi connectivity index (χ0) is 13.1. The van der Waals surface area contributed by atoms with Gasteiger partial charge in [0.15, 0.2) is 0 Å². The third-order valence-corrected chi connectivity index (χ3v) is 2.08. The Morgan fingerprint density at radius 3 is 2.28 bits per heavy atom. The van der Waals surface area contributed by atoms with Crippen molar-refractivity contribution in [2.45, 2.75) is 39.7 Å². The summed E-state index contributed by atoms with van der Waals surface area (Å²) in [6.07, 6.45) is 3.18. The van der Waals surface area contributed by atoms with Crippen molar-refractivity contribution in [1.29, 1.82) is 0 Å². The average molecular weight is 472 g/mol. The van der Waals surface area contributed by atoms with Gasteiger partial charge in [-0.2, -0.15) is 0 Å². The Morgan fingerprint density at radius 1 is 1.28 bits per heavy atom. The van der Waals surface area contributed by atoms with Gasteiger partial charge in [0.05, 0.1) is 0 Å². The smallest absolute Gasteiger partial charge is 0.214 e. The van der Waals surface area contributed by atoms with Crippen molar-refractivity contribution >= 4 is 12.2 Å². The van der Waals surface area contributed by atoms with Gasteiger partial charge in [-0.15, -0.1) is 0 Å². The van der Waals surface area contributed by atoms with Crippen molar-refractivity contribution in [3.8, 4) is 0 Å². The van der Waals surface area contributed by atoms with Gasteiger partial charge in [0.2, 0.25) is 5.91 Å². The monoisotopic (exact) mass is 472 g/mol. The molecule has 3 nitrogen and oxygen atoms in total. The van der Waals surface area contributed by atoms with Crippen molar-refractivity contribution < 1.29 is 40.7 Å². The summed E-state index contributed by atoms with van der Waals surface area (Å²) >= 11 is 0. The van der Waals surface area contributed by atoms with Crippen LogP contribution in [0.4, 0.5) is 0 Å². The molecule has 1 atom stereocenters. The third-order valence-electron chi connectivity index (χ3n) is 2.08. The normalized spacial score (nSPS) is 10.2. The number of benzene rings is 1. The van der Waals surface area contributed by atoms with Gasteiger partial charge >= 0.3 is 0 Å². The topological polar surface area (TPSA) is 46.2 Å². The molecule has 0 fully saturated rings. The second-order valence-corrected chi connectivity index (χ2v) is 3.40. The Morgan fingerprint density at radius 2 is 1.83 bits per heavy atom. The van der Waals surface area contributed by atoms with Gasteiger partial charge in [-0.3, -0.25) is 4.79 Å². The van der Waals surface area contributed by atoms with Gasteiger partial charge in [-0.1, -0.05) is 56.6 Å². The fourth-order valence-electron chi connectivity index (χ4n) is 1.36. The number of amides is 1. The molecule has 18 heavy (non-hydrogen) atoms. The molecule has 1 amide bonds. The van der Waals surface area contributed by atoms with E-state index in [0.29, 0.717) is 6.42 Å².